The average molecular weight is 903 g/mol. The van der Waals surface area contributed by atoms with Crippen LogP contribution in [0.15, 0.2) is 24.3 Å². The van der Waals surface area contributed by atoms with E-state index in [0.29, 0.717) is 13.0 Å². The zero-order valence-electron chi connectivity index (χ0n) is 39.1. The van der Waals surface area contributed by atoms with Gasteiger partial charge in [-0.3, -0.25) is 4.79 Å². The third-order valence-electron chi connectivity index (χ3n) is 12.0. The minimum Gasteiger partial charge on any atom is -0.457 e. The maximum absolute atomic E-state index is 13.0. The van der Waals surface area contributed by atoms with Crippen LogP contribution >= 0.6 is 0 Å². The van der Waals surface area contributed by atoms with E-state index >= 15 is 0 Å². The maximum Gasteiger partial charge on any atom is 0.306 e. The second-order valence-corrected chi connectivity index (χ2v) is 17.6. The van der Waals surface area contributed by atoms with Crippen molar-refractivity contribution in [3.05, 3.63) is 24.3 Å². The van der Waals surface area contributed by atoms with Crippen molar-refractivity contribution in [2.24, 2.45) is 0 Å². The smallest absolute Gasteiger partial charge is 0.306 e. The van der Waals surface area contributed by atoms with Gasteiger partial charge in [-0.1, -0.05) is 160 Å². The summed E-state index contributed by atoms with van der Waals surface area (Å²) in [7, 11) is 0. The molecule has 11 unspecified atom stereocenters. The molecule has 14 nitrogen and oxygen atoms in total. The molecule has 0 bridgehead atoms. The number of rotatable bonds is 39. The minimum absolute atomic E-state index is 0.0596. The van der Waals surface area contributed by atoms with Crippen LogP contribution in [-0.2, 0) is 33.2 Å². The first-order valence-corrected chi connectivity index (χ1v) is 24.9. The lowest BCUT2D eigenvalue weighted by atomic mass is 9.98. The lowest BCUT2D eigenvalue weighted by Gasteiger charge is -2.42. The van der Waals surface area contributed by atoms with Gasteiger partial charge < -0.3 is 64.2 Å². The zero-order valence-corrected chi connectivity index (χ0v) is 39.1. The lowest BCUT2D eigenvalue weighted by Crippen LogP contribution is -2.61. The highest BCUT2D eigenvalue weighted by Gasteiger charge is 2.47. The molecular weight excluding hydrogens is 813 g/mol. The van der Waals surface area contributed by atoms with E-state index < -0.39 is 80.7 Å². The van der Waals surface area contributed by atoms with Crippen molar-refractivity contribution in [3.63, 3.8) is 0 Å². The molecule has 0 amide bonds. The number of unbranched alkanes of at least 4 members (excludes halogenated alkanes) is 21. The number of carbonyl (C=O) groups is 1. The van der Waals surface area contributed by atoms with E-state index in [0.717, 1.165) is 64.2 Å². The van der Waals surface area contributed by atoms with E-state index in [1.807, 2.05) is 0 Å². The lowest BCUT2D eigenvalue weighted by molar-refractivity contribution is -0.332. The molecule has 0 aliphatic carbocycles. The largest absolute Gasteiger partial charge is 0.457 e. The van der Waals surface area contributed by atoms with Crippen LogP contribution in [0.2, 0.25) is 0 Å². The van der Waals surface area contributed by atoms with Gasteiger partial charge in [0.2, 0.25) is 0 Å². The molecule has 2 saturated heterocycles. The number of esters is 1. The van der Waals surface area contributed by atoms with E-state index in [-0.39, 0.29) is 25.6 Å². The van der Waals surface area contributed by atoms with Gasteiger partial charge >= 0.3 is 5.97 Å². The summed E-state index contributed by atoms with van der Waals surface area (Å²) in [5, 5.41) is 72.0. The minimum atomic E-state index is -1.71. The molecule has 2 aliphatic rings. The summed E-state index contributed by atoms with van der Waals surface area (Å²) in [6.07, 6.45) is 22.4. The molecule has 2 aliphatic heterocycles. The summed E-state index contributed by atoms with van der Waals surface area (Å²) in [4.78, 5) is 13.0. The Morgan fingerprint density at radius 3 is 1.57 bits per heavy atom. The third-order valence-corrected chi connectivity index (χ3v) is 12.0. The van der Waals surface area contributed by atoms with Gasteiger partial charge in [0.1, 0.15) is 54.9 Å². The van der Waals surface area contributed by atoms with Crippen LogP contribution < -0.4 is 0 Å². The highest BCUT2D eigenvalue weighted by atomic mass is 16.7. The summed E-state index contributed by atoms with van der Waals surface area (Å²) in [5.74, 6) is -0.388. The van der Waals surface area contributed by atoms with Crippen molar-refractivity contribution in [2.45, 2.75) is 248 Å². The van der Waals surface area contributed by atoms with Gasteiger partial charge in [-0.2, -0.15) is 0 Å². The molecule has 7 N–H and O–H groups in total. The summed E-state index contributed by atoms with van der Waals surface area (Å²) in [5.41, 5.74) is 0. The second-order valence-electron chi connectivity index (χ2n) is 17.6. The maximum atomic E-state index is 13.0. The van der Waals surface area contributed by atoms with Crippen molar-refractivity contribution in [1.29, 1.82) is 0 Å². The predicted molar refractivity (Wildman–Crippen MR) is 243 cm³/mol. The van der Waals surface area contributed by atoms with Crippen LogP contribution in [0, 0.1) is 0 Å². The standard InChI is InChI=1S/C49H90O14/c1-3-5-7-9-11-13-15-17-19-21-23-25-27-29-31-33-58-35-38(61-41(51)32-30-28-26-24-22-20-18-16-14-12-10-8-6-4-2)36-59-48-47(57)45(55)43(53)40(63-48)37-60-49-46(56)44(54)42(52)39(34-50)62-49/h10,12,16,18,38-40,42-50,52-57H,3-9,11,13-15,17,19-37H2,1-2H3/b12-10-,18-16-. The number of aliphatic hydroxyl groups is 7. The van der Waals surface area contributed by atoms with Crippen molar-refractivity contribution in [2.75, 3.05) is 33.0 Å². The summed E-state index contributed by atoms with van der Waals surface area (Å²) >= 11 is 0. The van der Waals surface area contributed by atoms with Crippen LogP contribution in [0.3, 0.4) is 0 Å². The van der Waals surface area contributed by atoms with E-state index in [9.17, 15) is 40.5 Å². The van der Waals surface area contributed by atoms with E-state index in [4.69, 9.17) is 28.4 Å². The molecule has 0 aromatic carbocycles. The number of hydrogen-bond donors (Lipinski definition) is 7. The fourth-order valence-corrected chi connectivity index (χ4v) is 7.83. The molecule has 0 aromatic rings. The highest BCUT2D eigenvalue weighted by Crippen LogP contribution is 2.26. The number of ether oxygens (including phenoxy) is 6. The van der Waals surface area contributed by atoms with E-state index in [2.05, 4.69) is 38.2 Å². The topological polar surface area (TPSA) is 214 Å². The van der Waals surface area contributed by atoms with Crippen LogP contribution in [0.1, 0.15) is 181 Å². The normalized spacial score (nSPS) is 27.1. The molecule has 0 aromatic heterocycles. The first-order valence-electron chi connectivity index (χ1n) is 24.9. The number of allylic oxidation sites excluding steroid dienone is 4. The SMILES string of the molecule is CCCC/C=C\C/C=C\CCCCCCCC(=O)OC(COCCCCCCCCCCCCCCCCC)COC1OC(COC2OC(CO)C(O)C(O)C2O)C(O)C(O)C1O. The molecule has 0 saturated carbocycles. The summed E-state index contributed by atoms with van der Waals surface area (Å²) in [6, 6.07) is 0. The van der Waals surface area contributed by atoms with Crippen molar-refractivity contribution >= 4 is 5.97 Å². The van der Waals surface area contributed by atoms with Crippen LogP contribution in [0.25, 0.3) is 0 Å². The zero-order chi connectivity index (χ0) is 45.9. The fraction of sp³-hybridized carbons (Fsp3) is 0.898. The van der Waals surface area contributed by atoms with Crippen LogP contribution in [0.4, 0.5) is 0 Å². The molecule has 2 heterocycles. The Balaban J connectivity index is 1.79. The van der Waals surface area contributed by atoms with Gasteiger partial charge in [0.15, 0.2) is 12.6 Å². The summed E-state index contributed by atoms with van der Waals surface area (Å²) in [6.45, 7) is 3.64. The molecule has 14 heteroatoms. The average Bonchev–Trinajstić information content (AvgIpc) is 3.28. The monoisotopic (exact) mass is 903 g/mol. The van der Waals surface area contributed by atoms with E-state index in [1.54, 1.807) is 0 Å². The molecule has 63 heavy (non-hydrogen) atoms. The van der Waals surface area contributed by atoms with Gasteiger partial charge in [0.05, 0.1) is 26.4 Å². The third kappa shape index (κ3) is 25.8. The fourth-order valence-electron chi connectivity index (χ4n) is 7.83. The van der Waals surface area contributed by atoms with Crippen molar-refractivity contribution in [1.82, 2.24) is 0 Å². The predicted octanol–water partition coefficient (Wildman–Crippen LogP) is 6.85. The Hall–Kier alpha value is -1.53. The summed E-state index contributed by atoms with van der Waals surface area (Å²) < 4.78 is 34.2. The number of hydrogen-bond acceptors (Lipinski definition) is 14. The molecule has 0 spiro atoms. The van der Waals surface area contributed by atoms with Gasteiger partial charge in [0.25, 0.3) is 0 Å². The Bertz CT molecular complexity index is 1140. The number of aliphatic hydroxyl groups excluding tert-OH is 7. The van der Waals surface area contributed by atoms with Crippen LogP contribution in [0.5, 0.6) is 0 Å². The number of carbonyl (C=O) groups excluding carboxylic acids is 1. The van der Waals surface area contributed by atoms with Crippen molar-refractivity contribution < 1.29 is 69.0 Å². The van der Waals surface area contributed by atoms with Gasteiger partial charge in [-0.15, -0.1) is 0 Å². The van der Waals surface area contributed by atoms with E-state index in [1.165, 1.54) is 89.9 Å². The highest BCUT2D eigenvalue weighted by molar-refractivity contribution is 5.69. The second kappa shape index (κ2) is 37.5. The van der Waals surface area contributed by atoms with Gasteiger partial charge in [-0.05, 0) is 38.5 Å². The Morgan fingerprint density at radius 1 is 0.524 bits per heavy atom. The molecule has 2 fully saturated rings. The first kappa shape index (κ1) is 57.6. The quantitative estimate of drug-likeness (QED) is 0.0191. The van der Waals surface area contributed by atoms with Crippen molar-refractivity contribution in [3.8, 4) is 0 Å². The molecular formula is C49H90O14. The Morgan fingerprint density at radius 2 is 1.00 bits per heavy atom. The Kier molecular flexibility index (Phi) is 34.3. The van der Waals surface area contributed by atoms with Crippen LogP contribution in [-0.4, -0.2) is 142 Å². The molecule has 2 rings (SSSR count). The Labute approximate surface area is 379 Å². The molecule has 370 valence electrons. The molecule has 0 radical (unpaired) electrons. The van der Waals surface area contributed by atoms with Gasteiger partial charge in [-0.25, -0.2) is 0 Å². The first-order chi connectivity index (χ1) is 30.6. The molecule has 11 atom stereocenters. The van der Waals surface area contributed by atoms with Gasteiger partial charge in [0, 0.05) is 13.0 Å².